The topological polar surface area (TPSA) is 25.2 Å². The lowest BCUT2D eigenvalue weighted by Gasteiger charge is -2.15. The zero-order chi connectivity index (χ0) is 12.4. The van der Waals surface area contributed by atoms with Gasteiger partial charge in [0.15, 0.2) is 0 Å². The molecule has 1 N–H and O–H groups in total. The van der Waals surface area contributed by atoms with Gasteiger partial charge >= 0.3 is 0 Å². The Labute approximate surface area is 103 Å². The molecule has 1 aromatic heterocycles. The summed E-state index contributed by atoms with van der Waals surface area (Å²) >= 11 is 0. The molecule has 0 radical (unpaired) electrons. The van der Waals surface area contributed by atoms with Gasteiger partial charge in [-0.1, -0.05) is 18.2 Å². The van der Waals surface area contributed by atoms with Crippen molar-refractivity contribution in [1.82, 2.24) is 5.32 Å². The molecule has 0 saturated heterocycles. The number of furan rings is 1. The third-order valence-corrected chi connectivity index (χ3v) is 3.20. The highest BCUT2D eigenvalue weighted by atomic mass is 16.3. The van der Waals surface area contributed by atoms with Gasteiger partial charge in [0.25, 0.3) is 0 Å². The second-order valence-electron chi connectivity index (χ2n) is 4.51. The van der Waals surface area contributed by atoms with Crippen LogP contribution in [0.1, 0.15) is 34.3 Å². The maximum Gasteiger partial charge on any atom is 0.125 e. The van der Waals surface area contributed by atoms with E-state index in [9.17, 15) is 0 Å². The van der Waals surface area contributed by atoms with Gasteiger partial charge in [0.1, 0.15) is 11.5 Å². The first kappa shape index (κ1) is 11.9. The van der Waals surface area contributed by atoms with Crippen LogP contribution in [0.5, 0.6) is 0 Å². The molecule has 0 aliphatic carbocycles. The Morgan fingerprint density at radius 3 is 2.29 bits per heavy atom. The number of rotatable bonds is 3. The van der Waals surface area contributed by atoms with Gasteiger partial charge in [0.2, 0.25) is 0 Å². The summed E-state index contributed by atoms with van der Waals surface area (Å²) in [6.07, 6.45) is 0. The lowest BCUT2D eigenvalue weighted by Crippen LogP contribution is -2.17. The SMILES string of the molecule is CNC(c1ccc(C)c(C)c1)c1ccc(C)o1. The molecule has 1 aromatic carbocycles. The van der Waals surface area contributed by atoms with E-state index in [1.54, 1.807) is 0 Å². The van der Waals surface area contributed by atoms with Crippen molar-refractivity contribution < 1.29 is 4.42 Å². The molecular formula is C15H19NO. The standard InChI is InChI=1S/C15H19NO/c1-10-5-7-13(9-11(10)2)15(16-4)14-8-6-12(3)17-14/h5-9,15-16H,1-4H3. The normalized spacial score (nSPS) is 12.7. The molecule has 17 heavy (non-hydrogen) atoms. The molecule has 0 amide bonds. The van der Waals surface area contributed by atoms with E-state index in [1.807, 2.05) is 26.1 Å². The van der Waals surface area contributed by atoms with Crippen molar-refractivity contribution in [3.05, 3.63) is 58.5 Å². The fourth-order valence-corrected chi connectivity index (χ4v) is 2.03. The minimum atomic E-state index is 0.128. The zero-order valence-electron chi connectivity index (χ0n) is 10.9. The third kappa shape index (κ3) is 2.42. The zero-order valence-corrected chi connectivity index (χ0v) is 10.9. The molecule has 1 atom stereocenters. The average Bonchev–Trinajstić information content (AvgIpc) is 2.71. The van der Waals surface area contributed by atoms with Crippen molar-refractivity contribution in [2.45, 2.75) is 26.8 Å². The van der Waals surface area contributed by atoms with E-state index < -0.39 is 0 Å². The average molecular weight is 229 g/mol. The van der Waals surface area contributed by atoms with Crippen molar-refractivity contribution in [2.24, 2.45) is 0 Å². The number of aryl methyl sites for hydroxylation is 3. The fraction of sp³-hybridized carbons (Fsp3) is 0.333. The first-order valence-corrected chi connectivity index (χ1v) is 5.92. The van der Waals surface area contributed by atoms with Crippen molar-refractivity contribution in [3.8, 4) is 0 Å². The summed E-state index contributed by atoms with van der Waals surface area (Å²) in [4.78, 5) is 0. The summed E-state index contributed by atoms with van der Waals surface area (Å²) < 4.78 is 5.70. The van der Waals surface area contributed by atoms with Crippen LogP contribution in [0.3, 0.4) is 0 Å². The van der Waals surface area contributed by atoms with Crippen LogP contribution >= 0.6 is 0 Å². The molecule has 1 unspecified atom stereocenters. The van der Waals surface area contributed by atoms with Crippen LogP contribution in [0.2, 0.25) is 0 Å². The van der Waals surface area contributed by atoms with Crippen LogP contribution < -0.4 is 5.32 Å². The van der Waals surface area contributed by atoms with Crippen molar-refractivity contribution in [2.75, 3.05) is 7.05 Å². The first-order chi connectivity index (χ1) is 8.11. The number of benzene rings is 1. The summed E-state index contributed by atoms with van der Waals surface area (Å²) in [6.45, 7) is 6.24. The maximum absolute atomic E-state index is 5.70. The summed E-state index contributed by atoms with van der Waals surface area (Å²) in [5, 5.41) is 3.30. The quantitative estimate of drug-likeness (QED) is 0.871. The Balaban J connectivity index is 2.38. The molecule has 0 spiro atoms. The Kier molecular flexibility index (Phi) is 3.34. The highest BCUT2D eigenvalue weighted by molar-refractivity contribution is 5.35. The molecule has 1 heterocycles. The van der Waals surface area contributed by atoms with E-state index in [0.717, 1.165) is 11.5 Å². The van der Waals surface area contributed by atoms with Gasteiger partial charge in [-0.3, -0.25) is 0 Å². The molecule has 2 aromatic rings. The van der Waals surface area contributed by atoms with Crippen LogP contribution in [-0.2, 0) is 0 Å². The fourth-order valence-electron chi connectivity index (χ4n) is 2.03. The van der Waals surface area contributed by atoms with E-state index >= 15 is 0 Å². The van der Waals surface area contributed by atoms with Crippen molar-refractivity contribution in [1.29, 1.82) is 0 Å². The number of hydrogen-bond acceptors (Lipinski definition) is 2. The highest BCUT2D eigenvalue weighted by Gasteiger charge is 2.15. The molecule has 2 rings (SSSR count). The third-order valence-electron chi connectivity index (χ3n) is 3.20. The molecule has 0 saturated carbocycles. The molecule has 90 valence electrons. The Hall–Kier alpha value is -1.54. The van der Waals surface area contributed by atoms with E-state index in [0.29, 0.717) is 0 Å². The van der Waals surface area contributed by atoms with Gasteiger partial charge in [-0.15, -0.1) is 0 Å². The van der Waals surface area contributed by atoms with Gasteiger partial charge in [-0.2, -0.15) is 0 Å². The minimum Gasteiger partial charge on any atom is -0.464 e. The molecule has 2 heteroatoms. The van der Waals surface area contributed by atoms with E-state index in [4.69, 9.17) is 4.42 Å². The summed E-state index contributed by atoms with van der Waals surface area (Å²) in [6, 6.07) is 10.7. The van der Waals surface area contributed by atoms with Crippen LogP contribution in [0.4, 0.5) is 0 Å². The molecule has 0 aliphatic heterocycles. The van der Waals surface area contributed by atoms with Crippen molar-refractivity contribution >= 4 is 0 Å². The van der Waals surface area contributed by atoms with Gasteiger partial charge in [-0.05, 0) is 56.6 Å². The smallest absolute Gasteiger partial charge is 0.125 e. The lowest BCUT2D eigenvalue weighted by molar-refractivity contribution is 0.444. The van der Waals surface area contributed by atoms with E-state index in [1.165, 1.54) is 16.7 Å². The van der Waals surface area contributed by atoms with Gasteiger partial charge in [0.05, 0.1) is 6.04 Å². The van der Waals surface area contributed by atoms with Crippen molar-refractivity contribution in [3.63, 3.8) is 0 Å². The predicted molar refractivity (Wildman–Crippen MR) is 70.3 cm³/mol. The van der Waals surface area contributed by atoms with Crippen LogP contribution in [-0.4, -0.2) is 7.05 Å². The van der Waals surface area contributed by atoms with Gasteiger partial charge in [0, 0.05) is 0 Å². The Morgan fingerprint density at radius 2 is 1.76 bits per heavy atom. The molecule has 0 aliphatic rings. The summed E-state index contributed by atoms with van der Waals surface area (Å²) in [5.41, 5.74) is 3.87. The Bertz CT molecular complexity index is 513. The largest absolute Gasteiger partial charge is 0.464 e. The molecule has 0 bridgehead atoms. The van der Waals surface area contributed by atoms with Gasteiger partial charge < -0.3 is 9.73 Å². The predicted octanol–water partition coefficient (Wildman–Crippen LogP) is 3.51. The number of nitrogens with one attached hydrogen (secondary N) is 1. The number of hydrogen-bond donors (Lipinski definition) is 1. The van der Waals surface area contributed by atoms with Crippen LogP contribution in [0.15, 0.2) is 34.7 Å². The maximum atomic E-state index is 5.70. The molecule has 0 fully saturated rings. The first-order valence-electron chi connectivity index (χ1n) is 5.92. The second-order valence-corrected chi connectivity index (χ2v) is 4.51. The van der Waals surface area contributed by atoms with E-state index in [2.05, 4.69) is 37.4 Å². The molecular weight excluding hydrogens is 210 g/mol. The second kappa shape index (κ2) is 4.76. The van der Waals surface area contributed by atoms with Crippen LogP contribution in [0, 0.1) is 20.8 Å². The van der Waals surface area contributed by atoms with Gasteiger partial charge in [-0.25, -0.2) is 0 Å². The van der Waals surface area contributed by atoms with Crippen LogP contribution in [0.25, 0.3) is 0 Å². The lowest BCUT2D eigenvalue weighted by atomic mass is 10.00. The monoisotopic (exact) mass is 229 g/mol. The highest BCUT2D eigenvalue weighted by Crippen LogP contribution is 2.25. The summed E-state index contributed by atoms with van der Waals surface area (Å²) in [5.74, 6) is 1.91. The molecule has 2 nitrogen and oxygen atoms in total. The summed E-state index contributed by atoms with van der Waals surface area (Å²) in [7, 11) is 1.96. The Morgan fingerprint density at radius 1 is 1.00 bits per heavy atom. The van der Waals surface area contributed by atoms with E-state index in [-0.39, 0.29) is 6.04 Å². The minimum absolute atomic E-state index is 0.128.